The molecule has 0 radical (unpaired) electrons. The third-order valence-electron chi connectivity index (χ3n) is 5.21. The molecular weight excluding hydrogens is 338 g/mol. The molecule has 1 aliphatic carbocycles. The van der Waals surface area contributed by atoms with Gasteiger partial charge in [-0.25, -0.2) is 0 Å². The number of amides is 1. The molecule has 27 heavy (non-hydrogen) atoms. The van der Waals surface area contributed by atoms with E-state index in [0.717, 1.165) is 66.9 Å². The lowest BCUT2D eigenvalue weighted by Crippen LogP contribution is -2.22. The van der Waals surface area contributed by atoms with E-state index in [9.17, 15) is 4.79 Å². The maximum absolute atomic E-state index is 12.3. The maximum Gasteiger partial charge on any atom is 0.244 e. The van der Waals surface area contributed by atoms with Gasteiger partial charge in [0.25, 0.3) is 0 Å². The molecule has 0 unspecified atom stereocenters. The van der Waals surface area contributed by atoms with Crippen molar-refractivity contribution in [3.63, 3.8) is 0 Å². The molecular formula is C23H31NO3. The number of hydrogen-bond acceptors (Lipinski definition) is 3. The summed E-state index contributed by atoms with van der Waals surface area (Å²) in [5, 5.41) is 4.14. The van der Waals surface area contributed by atoms with Crippen molar-refractivity contribution in [1.29, 1.82) is 0 Å². The lowest BCUT2D eigenvalue weighted by Gasteiger charge is -2.12. The summed E-state index contributed by atoms with van der Waals surface area (Å²) in [5.41, 5.74) is 4.12. The Balaban J connectivity index is 1.89. The van der Waals surface area contributed by atoms with Crippen LogP contribution in [0.3, 0.4) is 0 Å². The summed E-state index contributed by atoms with van der Waals surface area (Å²) in [6.07, 6.45) is 9.47. The van der Waals surface area contributed by atoms with Gasteiger partial charge < -0.3 is 14.5 Å². The monoisotopic (exact) mass is 369 g/mol. The molecule has 1 amide bonds. The van der Waals surface area contributed by atoms with Crippen LogP contribution < -0.4 is 10.1 Å². The average Bonchev–Trinajstić information content (AvgIpc) is 3.02. The first-order valence-corrected chi connectivity index (χ1v) is 10.3. The van der Waals surface area contributed by atoms with E-state index in [-0.39, 0.29) is 5.91 Å². The number of ether oxygens (including phenoxy) is 1. The molecule has 0 saturated heterocycles. The SMILES string of the molecule is CCCCCNC(=O)/C=C(\C)c1cc2c3c(oc2cc1OCC)CCCC3. The molecule has 0 aliphatic heterocycles. The van der Waals surface area contributed by atoms with E-state index in [1.807, 2.05) is 19.9 Å². The van der Waals surface area contributed by atoms with Crippen LogP contribution in [0.2, 0.25) is 0 Å². The Bertz CT molecular complexity index is 832. The number of furan rings is 1. The summed E-state index contributed by atoms with van der Waals surface area (Å²) in [7, 11) is 0. The fourth-order valence-electron chi connectivity index (χ4n) is 3.78. The number of carbonyl (C=O) groups is 1. The number of rotatable bonds is 8. The van der Waals surface area contributed by atoms with Crippen LogP contribution in [0.25, 0.3) is 16.5 Å². The molecule has 0 bridgehead atoms. The number of carbonyl (C=O) groups excluding carboxylic acids is 1. The van der Waals surface area contributed by atoms with Crippen molar-refractivity contribution in [2.24, 2.45) is 0 Å². The van der Waals surface area contributed by atoms with E-state index < -0.39 is 0 Å². The van der Waals surface area contributed by atoms with Crippen molar-refractivity contribution in [2.75, 3.05) is 13.2 Å². The summed E-state index contributed by atoms with van der Waals surface area (Å²) in [6, 6.07) is 4.13. The topological polar surface area (TPSA) is 51.5 Å². The summed E-state index contributed by atoms with van der Waals surface area (Å²) in [6.45, 7) is 7.41. The van der Waals surface area contributed by atoms with E-state index in [1.165, 1.54) is 23.8 Å². The highest BCUT2D eigenvalue weighted by atomic mass is 16.5. The molecule has 2 aromatic rings. The molecule has 146 valence electrons. The highest BCUT2D eigenvalue weighted by Crippen LogP contribution is 2.38. The number of unbranched alkanes of at least 4 members (excludes halogenated alkanes) is 2. The van der Waals surface area contributed by atoms with Gasteiger partial charge in [0.05, 0.1) is 6.61 Å². The Morgan fingerprint density at radius 1 is 1.22 bits per heavy atom. The first kappa shape index (κ1) is 19.5. The number of benzene rings is 1. The minimum atomic E-state index is -0.0413. The molecule has 1 aliphatic rings. The van der Waals surface area contributed by atoms with Gasteiger partial charge in [0.2, 0.25) is 5.91 Å². The van der Waals surface area contributed by atoms with Gasteiger partial charge >= 0.3 is 0 Å². The second-order valence-electron chi connectivity index (χ2n) is 7.31. The Morgan fingerprint density at radius 3 is 2.81 bits per heavy atom. The van der Waals surface area contributed by atoms with Gasteiger partial charge in [0, 0.05) is 41.6 Å². The normalized spacial score (nSPS) is 14.3. The minimum Gasteiger partial charge on any atom is -0.493 e. The van der Waals surface area contributed by atoms with Crippen LogP contribution in [0.1, 0.15) is 69.8 Å². The first-order valence-electron chi connectivity index (χ1n) is 10.3. The van der Waals surface area contributed by atoms with Crippen molar-refractivity contribution >= 4 is 22.4 Å². The van der Waals surface area contributed by atoms with Crippen LogP contribution in [-0.2, 0) is 17.6 Å². The zero-order valence-corrected chi connectivity index (χ0v) is 16.8. The Labute approximate surface area is 162 Å². The quantitative estimate of drug-likeness (QED) is 0.499. The largest absolute Gasteiger partial charge is 0.493 e. The minimum absolute atomic E-state index is 0.0413. The van der Waals surface area contributed by atoms with Gasteiger partial charge in [0.1, 0.15) is 17.1 Å². The molecule has 4 nitrogen and oxygen atoms in total. The van der Waals surface area contributed by atoms with Crippen LogP contribution in [0.4, 0.5) is 0 Å². The van der Waals surface area contributed by atoms with Gasteiger partial charge in [-0.1, -0.05) is 19.8 Å². The number of nitrogens with one attached hydrogen (secondary N) is 1. The van der Waals surface area contributed by atoms with Crippen LogP contribution in [0.5, 0.6) is 5.75 Å². The van der Waals surface area contributed by atoms with Crippen LogP contribution in [0.15, 0.2) is 22.6 Å². The van der Waals surface area contributed by atoms with Crippen LogP contribution in [-0.4, -0.2) is 19.1 Å². The van der Waals surface area contributed by atoms with Gasteiger partial charge in [-0.3, -0.25) is 4.79 Å². The lowest BCUT2D eigenvalue weighted by atomic mass is 9.94. The van der Waals surface area contributed by atoms with E-state index in [2.05, 4.69) is 18.3 Å². The maximum atomic E-state index is 12.3. The van der Waals surface area contributed by atoms with Crippen LogP contribution >= 0.6 is 0 Å². The van der Waals surface area contributed by atoms with Crippen molar-refractivity contribution in [3.05, 3.63) is 35.1 Å². The highest BCUT2D eigenvalue weighted by molar-refractivity contribution is 5.97. The molecule has 4 heteroatoms. The van der Waals surface area contributed by atoms with E-state index >= 15 is 0 Å². The van der Waals surface area contributed by atoms with Crippen molar-refractivity contribution in [1.82, 2.24) is 5.32 Å². The van der Waals surface area contributed by atoms with Crippen molar-refractivity contribution in [2.45, 2.75) is 65.7 Å². The zero-order chi connectivity index (χ0) is 19.2. The Hall–Kier alpha value is -2.23. The fourth-order valence-corrected chi connectivity index (χ4v) is 3.78. The van der Waals surface area contributed by atoms with Gasteiger partial charge in [-0.2, -0.15) is 0 Å². The zero-order valence-electron chi connectivity index (χ0n) is 16.8. The molecule has 0 atom stereocenters. The van der Waals surface area contributed by atoms with Gasteiger partial charge in [0.15, 0.2) is 0 Å². The number of hydrogen-bond donors (Lipinski definition) is 1. The first-order chi connectivity index (χ1) is 13.1. The second-order valence-corrected chi connectivity index (χ2v) is 7.31. The summed E-state index contributed by atoms with van der Waals surface area (Å²) >= 11 is 0. The average molecular weight is 370 g/mol. The molecule has 0 saturated carbocycles. The van der Waals surface area contributed by atoms with E-state index in [4.69, 9.17) is 9.15 Å². The van der Waals surface area contributed by atoms with E-state index in [0.29, 0.717) is 6.61 Å². The predicted molar refractivity (Wildman–Crippen MR) is 110 cm³/mol. The molecule has 3 rings (SSSR count). The molecule has 1 aromatic heterocycles. The number of fused-ring (bicyclic) bond motifs is 3. The summed E-state index contributed by atoms with van der Waals surface area (Å²) in [5.74, 6) is 1.86. The van der Waals surface area contributed by atoms with Gasteiger partial charge in [-0.15, -0.1) is 0 Å². The van der Waals surface area contributed by atoms with E-state index in [1.54, 1.807) is 6.08 Å². The molecule has 1 N–H and O–H groups in total. The fraction of sp³-hybridized carbons (Fsp3) is 0.522. The van der Waals surface area contributed by atoms with Gasteiger partial charge in [-0.05, 0) is 51.2 Å². The summed E-state index contributed by atoms with van der Waals surface area (Å²) < 4.78 is 12.0. The highest BCUT2D eigenvalue weighted by Gasteiger charge is 2.20. The second kappa shape index (κ2) is 9.12. The number of allylic oxidation sites excluding steroid dienone is 1. The third-order valence-corrected chi connectivity index (χ3v) is 5.21. The third kappa shape index (κ3) is 4.55. The van der Waals surface area contributed by atoms with Crippen LogP contribution in [0, 0.1) is 0 Å². The smallest absolute Gasteiger partial charge is 0.244 e. The number of aryl methyl sites for hydroxylation is 2. The molecule has 0 fully saturated rings. The molecule has 1 heterocycles. The molecule has 0 spiro atoms. The summed E-state index contributed by atoms with van der Waals surface area (Å²) in [4.78, 5) is 12.3. The lowest BCUT2D eigenvalue weighted by molar-refractivity contribution is -0.116. The van der Waals surface area contributed by atoms with Crippen molar-refractivity contribution in [3.8, 4) is 5.75 Å². The Morgan fingerprint density at radius 2 is 2.04 bits per heavy atom. The standard InChI is InChI=1S/C23H31NO3/c1-4-6-9-12-24-23(25)13-16(3)18-14-19-17-10-7-8-11-20(17)27-22(19)15-21(18)26-5-2/h13-15H,4-12H2,1-3H3,(H,24,25)/b16-13+. The Kier molecular flexibility index (Phi) is 6.59. The molecule has 1 aromatic carbocycles. The van der Waals surface area contributed by atoms with Crippen molar-refractivity contribution < 1.29 is 13.9 Å². The predicted octanol–water partition coefficient (Wildman–Crippen LogP) is 5.42.